The van der Waals surface area contributed by atoms with Gasteiger partial charge < -0.3 is 9.84 Å². The molecule has 1 aliphatic rings. The van der Waals surface area contributed by atoms with Gasteiger partial charge in [0, 0.05) is 16.2 Å². The maximum absolute atomic E-state index is 10.3. The van der Waals surface area contributed by atoms with E-state index in [2.05, 4.69) is 0 Å². The average Bonchev–Trinajstić information content (AvgIpc) is 2.53. The summed E-state index contributed by atoms with van der Waals surface area (Å²) >= 11 is 5.95. The van der Waals surface area contributed by atoms with E-state index >= 15 is 0 Å². The molecule has 2 aromatic rings. The number of benzene rings is 2. The highest BCUT2D eigenvalue weighted by Gasteiger charge is 2.28. The third-order valence-corrected chi connectivity index (χ3v) is 3.98. The summed E-state index contributed by atoms with van der Waals surface area (Å²) in [5.74, 6) is 0.838. The highest BCUT2D eigenvalue weighted by molar-refractivity contribution is 6.30. The number of aliphatic hydroxyl groups excluding tert-OH is 1. The summed E-state index contributed by atoms with van der Waals surface area (Å²) in [4.78, 5) is 0. The summed E-state index contributed by atoms with van der Waals surface area (Å²) in [7, 11) is 0. The second-order valence-corrected chi connectivity index (χ2v) is 5.59. The molecule has 0 amide bonds. The van der Waals surface area contributed by atoms with Gasteiger partial charge in [0.15, 0.2) is 0 Å². The van der Waals surface area contributed by atoms with Crippen molar-refractivity contribution >= 4 is 17.7 Å². The third kappa shape index (κ3) is 2.82. The number of hydrogen-bond donors (Lipinski definition) is 1. The molecule has 1 heterocycles. The Bertz CT molecular complexity index is 661. The second kappa shape index (κ2) is 5.92. The zero-order valence-corrected chi connectivity index (χ0v) is 12.5. The fourth-order valence-corrected chi connectivity index (χ4v) is 2.69. The number of rotatable bonds is 3. The van der Waals surface area contributed by atoms with Gasteiger partial charge in [-0.15, -0.1) is 0 Å². The molecule has 0 unspecified atom stereocenters. The van der Waals surface area contributed by atoms with Crippen molar-refractivity contribution in [1.82, 2.24) is 0 Å². The number of para-hydroxylation sites is 1. The van der Waals surface area contributed by atoms with Crippen LogP contribution in [0.5, 0.6) is 5.75 Å². The normalized spacial score (nSPS) is 18.4. The van der Waals surface area contributed by atoms with E-state index in [1.54, 1.807) is 0 Å². The first-order valence-corrected chi connectivity index (χ1v) is 7.47. The van der Waals surface area contributed by atoms with Crippen molar-refractivity contribution in [3.05, 3.63) is 70.3 Å². The molecule has 1 N–H and O–H groups in total. The van der Waals surface area contributed by atoms with Gasteiger partial charge in [-0.1, -0.05) is 48.9 Å². The van der Waals surface area contributed by atoms with Crippen molar-refractivity contribution in [3.63, 3.8) is 0 Å². The first kappa shape index (κ1) is 14.2. The zero-order chi connectivity index (χ0) is 14.8. The SMILES string of the molecule is CC[C@@H](O)C1=Cc2ccccc2O[C@H]1c1ccc(Cl)cc1. The van der Waals surface area contributed by atoms with Crippen molar-refractivity contribution in [3.8, 4) is 5.75 Å². The molecule has 0 aromatic heterocycles. The predicted molar refractivity (Wildman–Crippen MR) is 85.5 cm³/mol. The fraction of sp³-hybridized carbons (Fsp3) is 0.222. The lowest BCUT2D eigenvalue weighted by Gasteiger charge is -2.30. The first-order chi connectivity index (χ1) is 10.2. The summed E-state index contributed by atoms with van der Waals surface area (Å²) < 4.78 is 6.12. The molecular weight excluding hydrogens is 284 g/mol. The van der Waals surface area contributed by atoms with Crippen LogP contribution in [0, 0.1) is 0 Å². The molecule has 3 rings (SSSR count). The van der Waals surface area contributed by atoms with Crippen LogP contribution in [-0.2, 0) is 0 Å². The minimum atomic E-state index is -0.515. The van der Waals surface area contributed by atoms with E-state index < -0.39 is 6.10 Å². The van der Waals surface area contributed by atoms with Crippen molar-refractivity contribution in [2.45, 2.75) is 25.6 Å². The lowest BCUT2D eigenvalue weighted by Crippen LogP contribution is -2.23. The quantitative estimate of drug-likeness (QED) is 0.895. The van der Waals surface area contributed by atoms with Gasteiger partial charge in [-0.2, -0.15) is 0 Å². The molecule has 2 aromatic carbocycles. The van der Waals surface area contributed by atoms with Gasteiger partial charge in [-0.25, -0.2) is 0 Å². The van der Waals surface area contributed by atoms with Crippen molar-refractivity contribution in [1.29, 1.82) is 0 Å². The largest absolute Gasteiger partial charge is 0.481 e. The molecule has 108 valence electrons. The Morgan fingerprint density at radius 2 is 1.86 bits per heavy atom. The van der Waals surface area contributed by atoms with Gasteiger partial charge in [0.1, 0.15) is 11.9 Å². The van der Waals surface area contributed by atoms with Crippen LogP contribution in [0.4, 0.5) is 0 Å². The molecule has 0 saturated heterocycles. The molecule has 0 bridgehead atoms. The summed E-state index contributed by atoms with van der Waals surface area (Å²) in [5, 5.41) is 11.0. The first-order valence-electron chi connectivity index (χ1n) is 7.09. The van der Waals surface area contributed by atoms with Crippen LogP contribution in [0.2, 0.25) is 5.02 Å². The third-order valence-electron chi connectivity index (χ3n) is 3.73. The zero-order valence-electron chi connectivity index (χ0n) is 11.8. The lowest BCUT2D eigenvalue weighted by molar-refractivity contribution is 0.153. The molecule has 0 spiro atoms. The van der Waals surface area contributed by atoms with E-state index in [1.165, 1.54) is 0 Å². The molecule has 2 nitrogen and oxygen atoms in total. The predicted octanol–water partition coefficient (Wildman–Crippen LogP) is 4.63. The van der Waals surface area contributed by atoms with Crippen LogP contribution < -0.4 is 4.74 Å². The van der Waals surface area contributed by atoms with Crippen LogP contribution >= 0.6 is 11.6 Å². The molecular formula is C18H17ClO2. The van der Waals surface area contributed by atoms with Crippen LogP contribution in [0.1, 0.15) is 30.6 Å². The Hall–Kier alpha value is -1.77. The van der Waals surface area contributed by atoms with E-state index in [0.717, 1.165) is 22.4 Å². The average molecular weight is 301 g/mol. The molecule has 3 heteroatoms. The van der Waals surface area contributed by atoms with Gasteiger partial charge in [0.05, 0.1) is 6.10 Å². The lowest BCUT2D eigenvalue weighted by atomic mass is 9.91. The van der Waals surface area contributed by atoms with Crippen molar-refractivity contribution in [2.75, 3.05) is 0 Å². The number of hydrogen-bond acceptors (Lipinski definition) is 2. The Balaban J connectivity index is 2.05. The van der Waals surface area contributed by atoms with E-state index in [9.17, 15) is 5.11 Å². The smallest absolute Gasteiger partial charge is 0.148 e. The molecule has 0 aliphatic carbocycles. The Labute approximate surface area is 129 Å². The summed E-state index contributed by atoms with van der Waals surface area (Å²) in [6, 6.07) is 15.4. The Morgan fingerprint density at radius 1 is 1.14 bits per heavy atom. The molecule has 0 saturated carbocycles. The number of ether oxygens (including phenoxy) is 1. The van der Waals surface area contributed by atoms with Crippen LogP contribution in [0.3, 0.4) is 0 Å². The minimum Gasteiger partial charge on any atom is -0.481 e. The monoisotopic (exact) mass is 300 g/mol. The molecule has 0 fully saturated rings. The van der Waals surface area contributed by atoms with Gasteiger partial charge in [-0.05, 0) is 36.3 Å². The van der Waals surface area contributed by atoms with Gasteiger partial charge in [0.2, 0.25) is 0 Å². The molecule has 2 atom stereocenters. The summed E-state index contributed by atoms with van der Waals surface area (Å²) in [6.45, 7) is 1.96. The highest BCUT2D eigenvalue weighted by Crippen LogP contribution is 2.39. The standard InChI is InChI=1S/C18H17ClO2/c1-2-16(20)15-11-13-5-3-4-6-17(13)21-18(15)12-7-9-14(19)10-8-12/h3-11,16,18,20H,2H2,1H3/t16-,18+/m1/s1. The van der Waals surface area contributed by atoms with E-state index in [4.69, 9.17) is 16.3 Å². The minimum absolute atomic E-state index is 0.271. The van der Waals surface area contributed by atoms with E-state index in [1.807, 2.05) is 61.5 Å². The van der Waals surface area contributed by atoms with Gasteiger partial charge in [-0.3, -0.25) is 0 Å². The van der Waals surface area contributed by atoms with Crippen molar-refractivity contribution < 1.29 is 9.84 Å². The van der Waals surface area contributed by atoms with E-state index in [-0.39, 0.29) is 6.10 Å². The topological polar surface area (TPSA) is 29.5 Å². The second-order valence-electron chi connectivity index (χ2n) is 5.16. The molecule has 21 heavy (non-hydrogen) atoms. The Morgan fingerprint density at radius 3 is 2.57 bits per heavy atom. The van der Waals surface area contributed by atoms with Crippen molar-refractivity contribution in [2.24, 2.45) is 0 Å². The van der Waals surface area contributed by atoms with Crippen LogP contribution in [0.25, 0.3) is 6.08 Å². The van der Waals surface area contributed by atoms with Gasteiger partial charge >= 0.3 is 0 Å². The number of fused-ring (bicyclic) bond motifs is 1. The van der Waals surface area contributed by atoms with Crippen LogP contribution in [0.15, 0.2) is 54.1 Å². The number of aliphatic hydroxyl groups is 1. The van der Waals surface area contributed by atoms with Gasteiger partial charge in [0.25, 0.3) is 0 Å². The summed E-state index contributed by atoms with van der Waals surface area (Å²) in [6.07, 6.45) is 1.90. The molecule has 1 aliphatic heterocycles. The maximum Gasteiger partial charge on any atom is 0.148 e. The molecule has 0 radical (unpaired) electrons. The Kier molecular flexibility index (Phi) is 4.00. The fourth-order valence-electron chi connectivity index (χ4n) is 2.56. The maximum atomic E-state index is 10.3. The van der Waals surface area contributed by atoms with E-state index in [0.29, 0.717) is 11.4 Å². The highest BCUT2D eigenvalue weighted by atomic mass is 35.5. The summed E-state index contributed by atoms with van der Waals surface area (Å²) in [5.41, 5.74) is 2.89. The number of halogens is 1. The van der Waals surface area contributed by atoms with Crippen LogP contribution in [-0.4, -0.2) is 11.2 Å².